The number of likely N-dealkylation sites (tertiary alicyclic amines) is 1. The van der Waals surface area contributed by atoms with Crippen molar-refractivity contribution in [3.05, 3.63) is 53.3 Å². The zero-order valence-corrected chi connectivity index (χ0v) is 16.7. The first-order valence-corrected chi connectivity index (χ1v) is 10.1. The highest BCUT2D eigenvalue weighted by atomic mass is 15.3. The van der Waals surface area contributed by atoms with Crippen molar-refractivity contribution in [3.8, 4) is 0 Å². The molecule has 0 amide bonds. The minimum absolute atomic E-state index is 0.732. The van der Waals surface area contributed by atoms with Gasteiger partial charge in [-0.1, -0.05) is 30.3 Å². The Kier molecular flexibility index (Phi) is 6.86. The van der Waals surface area contributed by atoms with Crippen LogP contribution in [0.25, 0.3) is 0 Å². The SMILES string of the molecule is Cc1cc(C)n(CCCN(CCc2ccccc2)C2CCN(C)CC2)n1. The van der Waals surface area contributed by atoms with Crippen molar-refractivity contribution in [2.75, 3.05) is 33.2 Å². The van der Waals surface area contributed by atoms with E-state index in [-0.39, 0.29) is 0 Å². The van der Waals surface area contributed by atoms with Crippen molar-refractivity contribution in [1.82, 2.24) is 19.6 Å². The van der Waals surface area contributed by atoms with Gasteiger partial charge >= 0.3 is 0 Å². The van der Waals surface area contributed by atoms with Crippen LogP contribution in [0.5, 0.6) is 0 Å². The maximum absolute atomic E-state index is 4.61. The van der Waals surface area contributed by atoms with Crippen LogP contribution in [-0.2, 0) is 13.0 Å². The van der Waals surface area contributed by atoms with E-state index in [1.165, 1.54) is 50.2 Å². The summed E-state index contributed by atoms with van der Waals surface area (Å²) in [6, 6.07) is 13.8. The molecular formula is C22H34N4. The summed E-state index contributed by atoms with van der Waals surface area (Å²) in [7, 11) is 2.24. The Morgan fingerprint density at radius 2 is 1.81 bits per heavy atom. The first-order valence-electron chi connectivity index (χ1n) is 10.1. The summed E-state index contributed by atoms with van der Waals surface area (Å²) in [5.41, 5.74) is 3.85. The molecule has 1 saturated heterocycles. The molecule has 2 aromatic rings. The van der Waals surface area contributed by atoms with Crippen molar-refractivity contribution in [1.29, 1.82) is 0 Å². The molecule has 3 rings (SSSR count). The average molecular weight is 355 g/mol. The Bertz CT molecular complexity index is 656. The lowest BCUT2D eigenvalue weighted by atomic mass is 10.0. The summed E-state index contributed by atoms with van der Waals surface area (Å²) in [6.45, 7) is 10.0. The second-order valence-corrected chi connectivity index (χ2v) is 7.81. The van der Waals surface area contributed by atoms with Crippen molar-refractivity contribution in [2.45, 2.75) is 52.1 Å². The Hall–Kier alpha value is -1.65. The lowest BCUT2D eigenvalue weighted by Crippen LogP contribution is -2.45. The number of nitrogens with zero attached hydrogens (tertiary/aromatic N) is 4. The third kappa shape index (κ3) is 5.42. The van der Waals surface area contributed by atoms with Gasteiger partial charge in [0.15, 0.2) is 0 Å². The van der Waals surface area contributed by atoms with Gasteiger partial charge in [-0.15, -0.1) is 0 Å². The van der Waals surface area contributed by atoms with E-state index in [0.29, 0.717) is 0 Å². The molecule has 4 heteroatoms. The third-order valence-electron chi connectivity index (χ3n) is 5.65. The summed E-state index contributed by atoms with van der Waals surface area (Å²) < 4.78 is 2.17. The molecule has 26 heavy (non-hydrogen) atoms. The van der Waals surface area contributed by atoms with Gasteiger partial charge in [-0.3, -0.25) is 9.58 Å². The van der Waals surface area contributed by atoms with Crippen LogP contribution in [0.4, 0.5) is 0 Å². The number of piperidine rings is 1. The predicted molar refractivity (Wildman–Crippen MR) is 109 cm³/mol. The normalized spacial score (nSPS) is 16.5. The van der Waals surface area contributed by atoms with E-state index in [9.17, 15) is 0 Å². The first kappa shape index (κ1) is 19.1. The summed E-state index contributed by atoms with van der Waals surface area (Å²) in [4.78, 5) is 5.20. The lowest BCUT2D eigenvalue weighted by molar-refractivity contribution is 0.119. The Labute approximate surface area is 158 Å². The topological polar surface area (TPSA) is 24.3 Å². The molecule has 4 nitrogen and oxygen atoms in total. The maximum Gasteiger partial charge on any atom is 0.0596 e. The van der Waals surface area contributed by atoms with E-state index in [1.807, 2.05) is 0 Å². The van der Waals surface area contributed by atoms with Gasteiger partial charge < -0.3 is 4.90 Å². The van der Waals surface area contributed by atoms with Gasteiger partial charge in [0.25, 0.3) is 0 Å². The largest absolute Gasteiger partial charge is 0.306 e. The van der Waals surface area contributed by atoms with Crippen LogP contribution in [-0.4, -0.2) is 58.8 Å². The molecule has 0 N–H and O–H groups in total. The van der Waals surface area contributed by atoms with E-state index < -0.39 is 0 Å². The number of aromatic nitrogens is 2. The fraction of sp³-hybridized carbons (Fsp3) is 0.591. The third-order valence-corrected chi connectivity index (χ3v) is 5.65. The molecule has 0 saturated carbocycles. The smallest absolute Gasteiger partial charge is 0.0596 e. The predicted octanol–water partition coefficient (Wildman–Crippen LogP) is 3.53. The maximum atomic E-state index is 4.61. The molecule has 1 aliphatic rings. The van der Waals surface area contributed by atoms with Gasteiger partial charge in [0, 0.05) is 31.4 Å². The fourth-order valence-corrected chi connectivity index (χ4v) is 4.08. The summed E-state index contributed by atoms with van der Waals surface area (Å²) in [5.74, 6) is 0. The van der Waals surface area contributed by atoms with Crippen LogP contribution >= 0.6 is 0 Å². The van der Waals surface area contributed by atoms with Gasteiger partial charge in [-0.05, 0) is 71.3 Å². The minimum Gasteiger partial charge on any atom is -0.306 e. The van der Waals surface area contributed by atoms with Crippen LogP contribution in [0.2, 0.25) is 0 Å². The minimum atomic E-state index is 0.732. The van der Waals surface area contributed by atoms with Crippen LogP contribution in [0.1, 0.15) is 36.2 Å². The lowest BCUT2D eigenvalue weighted by Gasteiger charge is -2.37. The number of hydrogen-bond acceptors (Lipinski definition) is 3. The standard InChI is InChI=1S/C22H34N4/c1-19-18-20(2)26(23-19)14-7-13-25(22-11-15-24(3)16-12-22)17-10-21-8-5-4-6-9-21/h4-6,8-9,18,22H,7,10-17H2,1-3H3. The van der Waals surface area contributed by atoms with E-state index in [0.717, 1.165) is 31.2 Å². The van der Waals surface area contributed by atoms with Crippen molar-refractivity contribution in [2.24, 2.45) is 0 Å². The highest BCUT2D eigenvalue weighted by Gasteiger charge is 2.22. The molecular weight excluding hydrogens is 320 g/mol. The molecule has 0 aliphatic carbocycles. The molecule has 0 atom stereocenters. The van der Waals surface area contributed by atoms with Crippen LogP contribution < -0.4 is 0 Å². The first-order chi connectivity index (χ1) is 12.6. The molecule has 0 unspecified atom stereocenters. The molecule has 0 bridgehead atoms. The summed E-state index contributed by atoms with van der Waals surface area (Å²) in [5, 5.41) is 4.61. The van der Waals surface area contributed by atoms with Gasteiger partial charge in [0.2, 0.25) is 0 Å². The highest BCUT2D eigenvalue weighted by molar-refractivity contribution is 5.15. The van der Waals surface area contributed by atoms with Crippen LogP contribution in [0, 0.1) is 13.8 Å². The fourth-order valence-electron chi connectivity index (χ4n) is 4.08. The number of rotatable bonds is 8. The molecule has 0 spiro atoms. The Balaban J connectivity index is 1.55. The Morgan fingerprint density at radius 3 is 2.46 bits per heavy atom. The molecule has 1 aromatic heterocycles. The van der Waals surface area contributed by atoms with Crippen molar-refractivity contribution in [3.63, 3.8) is 0 Å². The molecule has 142 valence electrons. The van der Waals surface area contributed by atoms with Crippen LogP contribution in [0.15, 0.2) is 36.4 Å². The zero-order chi connectivity index (χ0) is 18.4. The number of benzene rings is 1. The molecule has 0 radical (unpaired) electrons. The van der Waals surface area contributed by atoms with Crippen molar-refractivity contribution >= 4 is 0 Å². The number of aryl methyl sites for hydroxylation is 3. The van der Waals surface area contributed by atoms with E-state index >= 15 is 0 Å². The monoisotopic (exact) mass is 354 g/mol. The van der Waals surface area contributed by atoms with Gasteiger partial charge in [0.05, 0.1) is 5.69 Å². The second-order valence-electron chi connectivity index (χ2n) is 7.81. The van der Waals surface area contributed by atoms with E-state index in [2.05, 4.69) is 76.9 Å². The zero-order valence-electron chi connectivity index (χ0n) is 16.7. The molecule has 1 fully saturated rings. The second kappa shape index (κ2) is 9.33. The van der Waals surface area contributed by atoms with Crippen molar-refractivity contribution < 1.29 is 0 Å². The van der Waals surface area contributed by atoms with Crippen LogP contribution in [0.3, 0.4) is 0 Å². The highest BCUT2D eigenvalue weighted by Crippen LogP contribution is 2.17. The molecule has 1 aliphatic heterocycles. The molecule has 2 heterocycles. The quantitative estimate of drug-likeness (QED) is 0.725. The van der Waals surface area contributed by atoms with Gasteiger partial charge in [-0.25, -0.2) is 0 Å². The summed E-state index contributed by atoms with van der Waals surface area (Å²) in [6.07, 6.45) is 4.91. The van der Waals surface area contributed by atoms with E-state index in [4.69, 9.17) is 0 Å². The van der Waals surface area contributed by atoms with E-state index in [1.54, 1.807) is 0 Å². The van der Waals surface area contributed by atoms with Gasteiger partial charge in [0.1, 0.15) is 0 Å². The Morgan fingerprint density at radius 1 is 1.08 bits per heavy atom. The average Bonchev–Trinajstić information content (AvgIpc) is 2.97. The van der Waals surface area contributed by atoms with Gasteiger partial charge in [-0.2, -0.15) is 5.10 Å². The number of hydrogen-bond donors (Lipinski definition) is 0. The molecule has 1 aromatic carbocycles. The summed E-state index contributed by atoms with van der Waals surface area (Å²) >= 11 is 0.